The molecule has 25 heavy (non-hydrogen) atoms. The number of rotatable bonds is 6. The van der Waals surface area contributed by atoms with Gasteiger partial charge in [-0.05, 0) is 23.3 Å². The molecule has 0 saturated carbocycles. The standard InChI is InChI=1S/C21H22N4/c22-19-13-11-18(12-14-19)21(24-15-16-7-3-1-4-8-16)25-20(23)17-9-5-2-6-10-17/h1-14,21,24H,15,22H2,(H2,23,25). The Balaban J connectivity index is 1.84. The Morgan fingerprint density at radius 3 is 2.08 bits per heavy atom. The molecule has 0 spiro atoms. The Kier molecular flexibility index (Phi) is 5.44. The lowest BCUT2D eigenvalue weighted by atomic mass is 10.1. The molecule has 4 nitrogen and oxygen atoms in total. The van der Waals surface area contributed by atoms with E-state index in [9.17, 15) is 0 Å². The predicted octanol–water partition coefficient (Wildman–Crippen LogP) is 3.46. The first-order valence-electron chi connectivity index (χ1n) is 8.24. The minimum absolute atomic E-state index is 0.249. The fourth-order valence-electron chi connectivity index (χ4n) is 2.55. The molecule has 5 N–H and O–H groups in total. The summed E-state index contributed by atoms with van der Waals surface area (Å²) in [6.07, 6.45) is -0.249. The van der Waals surface area contributed by atoms with E-state index in [4.69, 9.17) is 16.5 Å². The van der Waals surface area contributed by atoms with Gasteiger partial charge in [-0.3, -0.25) is 5.32 Å². The molecule has 0 aliphatic carbocycles. The van der Waals surface area contributed by atoms with Crippen LogP contribution in [0.5, 0.6) is 0 Å². The monoisotopic (exact) mass is 330 g/mol. The van der Waals surface area contributed by atoms with Crippen molar-refractivity contribution in [3.05, 3.63) is 102 Å². The van der Waals surface area contributed by atoms with Crippen LogP contribution in [-0.2, 0) is 6.54 Å². The van der Waals surface area contributed by atoms with Crippen molar-refractivity contribution in [3.63, 3.8) is 0 Å². The van der Waals surface area contributed by atoms with E-state index in [1.807, 2.05) is 72.8 Å². The molecule has 0 heterocycles. The highest BCUT2D eigenvalue weighted by molar-refractivity contribution is 5.97. The third-order valence-electron chi connectivity index (χ3n) is 3.93. The largest absolute Gasteiger partial charge is 0.399 e. The maximum Gasteiger partial charge on any atom is 0.128 e. The van der Waals surface area contributed by atoms with Crippen molar-refractivity contribution in [3.8, 4) is 0 Å². The first-order chi connectivity index (χ1) is 12.2. The van der Waals surface area contributed by atoms with Gasteiger partial charge in [0.05, 0.1) is 0 Å². The summed E-state index contributed by atoms with van der Waals surface area (Å²) < 4.78 is 0. The molecule has 0 aromatic heterocycles. The van der Waals surface area contributed by atoms with Crippen LogP contribution in [0, 0.1) is 0 Å². The molecule has 0 aliphatic heterocycles. The lowest BCUT2D eigenvalue weighted by molar-refractivity contribution is 0.554. The Morgan fingerprint density at radius 2 is 1.44 bits per heavy atom. The SMILES string of the molecule is NC(=NC(NCc1ccccc1)c1ccc(N)cc1)c1ccccc1. The van der Waals surface area contributed by atoms with Gasteiger partial charge in [-0.25, -0.2) is 4.99 Å². The second-order valence-corrected chi connectivity index (χ2v) is 5.82. The number of hydrogen-bond donors (Lipinski definition) is 3. The third kappa shape index (κ3) is 4.68. The number of nitrogen functional groups attached to an aromatic ring is 1. The molecule has 0 amide bonds. The molecule has 0 bridgehead atoms. The van der Waals surface area contributed by atoms with Gasteiger partial charge in [0.25, 0.3) is 0 Å². The number of anilines is 1. The van der Waals surface area contributed by atoms with Crippen LogP contribution in [0.25, 0.3) is 0 Å². The molecule has 0 radical (unpaired) electrons. The number of hydrogen-bond acceptors (Lipinski definition) is 3. The van der Waals surface area contributed by atoms with Crippen molar-refractivity contribution >= 4 is 11.5 Å². The molecule has 0 saturated heterocycles. The van der Waals surface area contributed by atoms with Crippen LogP contribution in [0.1, 0.15) is 22.9 Å². The molecule has 1 unspecified atom stereocenters. The number of benzene rings is 3. The maximum absolute atomic E-state index is 6.22. The van der Waals surface area contributed by atoms with Gasteiger partial charge in [0.2, 0.25) is 0 Å². The molecule has 3 aromatic rings. The van der Waals surface area contributed by atoms with Crippen molar-refractivity contribution < 1.29 is 0 Å². The summed E-state index contributed by atoms with van der Waals surface area (Å²) in [4.78, 5) is 4.70. The highest BCUT2D eigenvalue weighted by Gasteiger charge is 2.11. The molecule has 3 aromatic carbocycles. The van der Waals surface area contributed by atoms with E-state index in [2.05, 4.69) is 17.4 Å². The fourth-order valence-corrected chi connectivity index (χ4v) is 2.55. The van der Waals surface area contributed by atoms with Crippen LogP contribution in [0.4, 0.5) is 5.69 Å². The highest BCUT2D eigenvalue weighted by atomic mass is 15.1. The van der Waals surface area contributed by atoms with Crippen molar-refractivity contribution in [2.75, 3.05) is 5.73 Å². The Labute approximate surface area is 148 Å². The lowest BCUT2D eigenvalue weighted by Gasteiger charge is -2.17. The predicted molar refractivity (Wildman–Crippen MR) is 104 cm³/mol. The van der Waals surface area contributed by atoms with E-state index in [0.29, 0.717) is 12.4 Å². The quantitative estimate of drug-likeness (QED) is 0.368. The second kappa shape index (κ2) is 8.13. The van der Waals surface area contributed by atoms with E-state index in [1.165, 1.54) is 5.56 Å². The van der Waals surface area contributed by atoms with Crippen molar-refractivity contribution in [1.82, 2.24) is 5.32 Å². The molecular weight excluding hydrogens is 308 g/mol. The summed E-state index contributed by atoms with van der Waals surface area (Å²) in [5, 5.41) is 3.46. The number of nitrogens with zero attached hydrogens (tertiary/aromatic N) is 1. The zero-order chi connectivity index (χ0) is 17.5. The van der Waals surface area contributed by atoms with Gasteiger partial charge in [0.1, 0.15) is 12.0 Å². The summed E-state index contributed by atoms with van der Waals surface area (Å²) in [5.41, 5.74) is 15.9. The number of nitrogens with one attached hydrogen (secondary N) is 1. The van der Waals surface area contributed by atoms with E-state index in [-0.39, 0.29) is 6.17 Å². The topological polar surface area (TPSA) is 76.4 Å². The van der Waals surface area contributed by atoms with E-state index < -0.39 is 0 Å². The normalized spacial score (nSPS) is 12.7. The maximum atomic E-state index is 6.22. The second-order valence-electron chi connectivity index (χ2n) is 5.82. The minimum Gasteiger partial charge on any atom is -0.399 e. The minimum atomic E-state index is -0.249. The van der Waals surface area contributed by atoms with Crippen LogP contribution < -0.4 is 16.8 Å². The molecule has 126 valence electrons. The van der Waals surface area contributed by atoms with E-state index in [0.717, 1.165) is 16.8 Å². The Morgan fingerprint density at radius 1 is 0.840 bits per heavy atom. The average Bonchev–Trinajstić information content (AvgIpc) is 2.67. The van der Waals surface area contributed by atoms with Crippen LogP contribution in [0.3, 0.4) is 0 Å². The summed E-state index contributed by atoms with van der Waals surface area (Å²) in [6.45, 7) is 0.696. The van der Waals surface area contributed by atoms with Gasteiger partial charge < -0.3 is 11.5 Å². The van der Waals surface area contributed by atoms with Crippen molar-refractivity contribution in [2.24, 2.45) is 10.7 Å². The Bertz CT molecular complexity index is 812. The molecular formula is C21H22N4. The van der Waals surface area contributed by atoms with Crippen LogP contribution in [-0.4, -0.2) is 5.84 Å². The van der Waals surface area contributed by atoms with Gasteiger partial charge in [0, 0.05) is 17.8 Å². The molecule has 0 aliphatic rings. The summed E-state index contributed by atoms with van der Waals surface area (Å²) in [7, 11) is 0. The van der Waals surface area contributed by atoms with Crippen molar-refractivity contribution in [2.45, 2.75) is 12.7 Å². The summed E-state index contributed by atoms with van der Waals surface area (Å²) in [6, 6.07) is 27.7. The van der Waals surface area contributed by atoms with Gasteiger partial charge in [-0.1, -0.05) is 72.8 Å². The van der Waals surface area contributed by atoms with E-state index >= 15 is 0 Å². The summed E-state index contributed by atoms with van der Waals surface area (Å²) >= 11 is 0. The van der Waals surface area contributed by atoms with Crippen molar-refractivity contribution in [1.29, 1.82) is 0 Å². The number of aliphatic imine (C=N–C) groups is 1. The first-order valence-corrected chi connectivity index (χ1v) is 8.24. The highest BCUT2D eigenvalue weighted by Crippen LogP contribution is 2.18. The van der Waals surface area contributed by atoms with Crippen LogP contribution in [0.15, 0.2) is 89.9 Å². The van der Waals surface area contributed by atoms with Gasteiger partial charge >= 0.3 is 0 Å². The van der Waals surface area contributed by atoms with Gasteiger partial charge in [-0.15, -0.1) is 0 Å². The average molecular weight is 330 g/mol. The third-order valence-corrected chi connectivity index (χ3v) is 3.93. The number of amidine groups is 1. The zero-order valence-electron chi connectivity index (χ0n) is 14.0. The molecule has 0 fully saturated rings. The van der Waals surface area contributed by atoms with Gasteiger partial charge in [-0.2, -0.15) is 0 Å². The summed E-state index contributed by atoms with van der Waals surface area (Å²) in [5.74, 6) is 0.503. The smallest absolute Gasteiger partial charge is 0.128 e. The molecule has 3 rings (SSSR count). The zero-order valence-corrected chi connectivity index (χ0v) is 14.0. The lowest BCUT2D eigenvalue weighted by Crippen LogP contribution is -2.23. The van der Waals surface area contributed by atoms with Crippen LogP contribution in [0.2, 0.25) is 0 Å². The number of nitrogens with two attached hydrogens (primary N) is 2. The fraction of sp³-hybridized carbons (Fsp3) is 0.0952. The molecule has 4 heteroatoms. The molecule has 1 atom stereocenters. The van der Waals surface area contributed by atoms with Gasteiger partial charge in [0.15, 0.2) is 0 Å². The Hall–Kier alpha value is -3.11. The first kappa shape index (κ1) is 16.7. The van der Waals surface area contributed by atoms with Crippen LogP contribution >= 0.6 is 0 Å². The van der Waals surface area contributed by atoms with E-state index in [1.54, 1.807) is 0 Å².